The first kappa shape index (κ1) is 18.4. The Morgan fingerprint density at radius 3 is 2.73 bits per heavy atom. The molecule has 1 aliphatic rings. The van der Waals surface area contributed by atoms with E-state index in [1.807, 2.05) is 42.5 Å². The Bertz CT molecular complexity index is 840. The number of anilines is 2. The van der Waals surface area contributed by atoms with E-state index < -0.39 is 0 Å². The Morgan fingerprint density at radius 2 is 1.92 bits per heavy atom. The minimum Gasteiger partial charge on any atom is -0.376 e. The maximum Gasteiger partial charge on any atom is 0.225 e. The molecule has 0 spiro atoms. The van der Waals surface area contributed by atoms with E-state index in [-0.39, 0.29) is 18.5 Å². The Labute approximate surface area is 158 Å². The van der Waals surface area contributed by atoms with Crippen LogP contribution < -0.4 is 10.6 Å². The van der Waals surface area contributed by atoms with Gasteiger partial charge in [0.2, 0.25) is 5.95 Å². The van der Waals surface area contributed by atoms with Gasteiger partial charge in [-0.3, -0.25) is 4.98 Å². The summed E-state index contributed by atoms with van der Waals surface area (Å²) in [7, 11) is 0. The quantitative estimate of drug-likeness (QED) is 0.689. The van der Waals surface area contributed by atoms with Gasteiger partial charge in [-0.25, -0.2) is 4.98 Å². The van der Waals surface area contributed by atoms with Crippen molar-refractivity contribution in [1.82, 2.24) is 15.0 Å². The first-order valence-corrected chi connectivity index (χ1v) is 8.64. The van der Waals surface area contributed by atoms with Gasteiger partial charge in [0.25, 0.3) is 0 Å². The molecule has 2 aromatic heterocycles. The number of para-hydroxylation sites is 1. The number of pyridine rings is 1. The minimum atomic E-state index is 0. The molecule has 7 heteroatoms. The van der Waals surface area contributed by atoms with Crippen LogP contribution in [0, 0.1) is 0 Å². The number of hydrogen-bond donors (Lipinski definition) is 2. The van der Waals surface area contributed by atoms with E-state index in [4.69, 9.17) is 4.74 Å². The van der Waals surface area contributed by atoms with Crippen LogP contribution in [0.5, 0.6) is 0 Å². The second kappa shape index (κ2) is 8.78. The second-order valence-corrected chi connectivity index (χ2v) is 6.10. The van der Waals surface area contributed by atoms with Gasteiger partial charge in [0, 0.05) is 24.7 Å². The zero-order valence-corrected chi connectivity index (χ0v) is 15.2. The number of fused-ring (bicyclic) bond motifs is 1. The van der Waals surface area contributed by atoms with Crippen molar-refractivity contribution in [3.8, 4) is 0 Å². The van der Waals surface area contributed by atoms with Crippen molar-refractivity contribution in [3.05, 3.63) is 54.4 Å². The highest BCUT2D eigenvalue weighted by Gasteiger charge is 2.16. The predicted octanol–water partition coefficient (Wildman–Crippen LogP) is 3.65. The standard InChI is InChI=1S/C19H21N5O.ClH/c1-2-9-17-16(8-1)18(21-13-15-7-5-11-25-15)24-19(23-17)22-12-14-6-3-4-10-20-14;/h1-4,6,8-10,15H,5,7,11-13H2,(H2,21,22,23,24);1H. The highest BCUT2D eigenvalue weighted by molar-refractivity contribution is 5.90. The Morgan fingerprint density at radius 1 is 1.04 bits per heavy atom. The van der Waals surface area contributed by atoms with Gasteiger partial charge in [-0.1, -0.05) is 18.2 Å². The highest BCUT2D eigenvalue weighted by atomic mass is 35.5. The summed E-state index contributed by atoms with van der Waals surface area (Å²) in [5.74, 6) is 1.43. The van der Waals surface area contributed by atoms with Crippen molar-refractivity contribution in [2.75, 3.05) is 23.8 Å². The molecule has 1 unspecified atom stereocenters. The van der Waals surface area contributed by atoms with Crippen LogP contribution in [0.3, 0.4) is 0 Å². The zero-order chi connectivity index (χ0) is 16.9. The second-order valence-electron chi connectivity index (χ2n) is 6.10. The summed E-state index contributed by atoms with van der Waals surface area (Å²) in [6.07, 6.45) is 4.28. The number of halogens is 1. The average molecular weight is 372 g/mol. The molecule has 6 nitrogen and oxygen atoms in total. The van der Waals surface area contributed by atoms with Crippen LogP contribution in [0.25, 0.3) is 10.9 Å². The van der Waals surface area contributed by atoms with E-state index >= 15 is 0 Å². The van der Waals surface area contributed by atoms with Crippen LogP contribution in [-0.2, 0) is 11.3 Å². The van der Waals surface area contributed by atoms with Crippen molar-refractivity contribution in [2.45, 2.75) is 25.5 Å². The molecule has 136 valence electrons. The van der Waals surface area contributed by atoms with E-state index in [1.54, 1.807) is 6.20 Å². The van der Waals surface area contributed by atoms with Crippen LogP contribution in [-0.4, -0.2) is 34.2 Å². The van der Waals surface area contributed by atoms with Crippen LogP contribution in [0.2, 0.25) is 0 Å². The molecule has 1 fully saturated rings. The molecule has 0 bridgehead atoms. The van der Waals surface area contributed by atoms with Crippen molar-refractivity contribution in [3.63, 3.8) is 0 Å². The monoisotopic (exact) mass is 371 g/mol. The van der Waals surface area contributed by atoms with Crippen molar-refractivity contribution < 1.29 is 4.74 Å². The largest absolute Gasteiger partial charge is 0.376 e. The van der Waals surface area contributed by atoms with Crippen molar-refractivity contribution in [1.29, 1.82) is 0 Å². The molecule has 2 N–H and O–H groups in total. The van der Waals surface area contributed by atoms with Gasteiger partial charge in [0.15, 0.2) is 0 Å². The molecule has 3 aromatic rings. The molecule has 1 aromatic carbocycles. The first-order valence-electron chi connectivity index (χ1n) is 8.64. The average Bonchev–Trinajstić information content (AvgIpc) is 3.19. The molecule has 26 heavy (non-hydrogen) atoms. The lowest BCUT2D eigenvalue weighted by Crippen LogP contribution is -2.19. The summed E-state index contributed by atoms with van der Waals surface area (Å²) in [4.78, 5) is 13.6. The summed E-state index contributed by atoms with van der Waals surface area (Å²) in [5, 5.41) is 7.72. The van der Waals surface area contributed by atoms with Gasteiger partial charge in [0.05, 0.1) is 23.9 Å². The number of benzene rings is 1. The topological polar surface area (TPSA) is 72.0 Å². The highest BCUT2D eigenvalue weighted by Crippen LogP contribution is 2.23. The molecule has 1 aliphatic heterocycles. The fraction of sp³-hybridized carbons (Fsp3) is 0.316. The third kappa shape index (κ3) is 4.39. The van der Waals surface area contributed by atoms with E-state index in [0.717, 1.165) is 48.4 Å². The molecule has 0 saturated carbocycles. The maximum atomic E-state index is 5.69. The number of hydrogen-bond acceptors (Lipinski definition) is 6. The number of nitrogens with one attached hydrogen (secondary N) is 2. The van der Waals surface area contributed by atoms with Crippen molar-refractivity contribution >= 4 is 35.1 Å². The first-order chi connectivity index (χ1) is 12.4. The van der Waals surface area contributed by atoms with Crippen LogP contribution in [0.15, 0.2) is 48.7 Å². The summed E-state index contributed by atoms with van der Waals surface area (Å²) in [6, 6.07) is 13.9. The number of nitrogens with zero attached hydrogens (tertiary/aromatic N) is 3. The van der Waals surface area contributed by atoms with Gasteiger partial charge in [-0.15, -0.1) is 12.4 Å². The summed E-state index contributed by atoms with van der Waals surface area (Å²) in [5.41, 5.74) is 1.86. The van der Waals surface area contributed by atoms with Gasteiger partial charge in [0.1, 0.15) is 5.82 Å². The lowest BCUT2D eigenvalue weighted by molar-refractivity contribution is 0.120. The lowest BCUT2D eigenvalue weighted by atomic mass is 10.2. The van der Waals surface area contributed by atoms with Crippen LogP contribution in [0.4, 0.5) is 11.8 Å². The molecule has 0 radical (unpaired) electrons. The maximum absolute atomic E-state index is 5.69. The molecule has 1 atom stereocenters. The van der Waals surface area contributed by atoms with Gasteiger partial charge in [-0.05, 0) is 37.1 Å². The normalized spacial score (nSPS) is 16.2. The molecule has 3 heterocycles. The molecule has 1 saturated heterocycles. The molecular formula is C19H22ClN5O. The van der Waals surface area contributed by atoms with E-state index in [1.165, 1.54) is 0 Å². The lowest BCUT2D eigenvalue weighted by Gasteiger charge is -2.14. The third-order valence-corrected chi connectivity index (χ3v) is 4.28. The number of ether oxygens (including phenoxy) is 1. The van der Waals surface area contributed by atoms with Gasteiger partial charge < -0.3 is 15.4 Å². The van der Waals surface area contributed by atoms with E-state index in [2.05, 4.69) is 25.6 Å². The number of aromatic nitrogens is 3. The SMILES string of the molecule is Cl.c1ccc(CNc2nc(NCC3CCCO3)c3ccccc3n2)nc1. The third-order valence-electron chi connectivity index (χ3n) is 4.28. The summed E-state index contributed by atoms with van der Waals surface area (Å²) < 4.78 is 5.69. The summed E-state index contributed by atoms with van der Waals surface area (Å²) >= 11 is 0. The Hall–Kier alpha value is -2.44. The predicted molar refractivity (Wildman–Crippen MR) is 106 cm³/mol. The van der Waals surface area contributed by atoms with Crippen LogP contribution >= 0.6 is 12.4 Å². The molecular weight excluding hydrogens is 350 g/mol. The smallest absolute Gasteiger partial charge is 0.225 e. The molecule has 0 aliphatic carbocycles. The Kier molecular flexibility index (Phi) is 6.20. The minimum absolute atomic E-state index is 0. The number of rotatable bonds is 6. The van der Waals surface area contributed by atoms with Crippen LogP contribution in [0.1, 0.15) is 18.5 Å². The zero-order valence-electron chi connectivity index (χ0n) is 14.4. The summed E-state index contributed by atoms with van der Waals surface area (Å²) in [6.45, 7) is 2.21. The van der Waals surface area contributed by atoms with E-state index in [9.17, 15) is 0 Å². The molecule has 4 rings (SSSR count). The fourth-order valence-electron chi connectivity index (χ4n) is 2.98. The fourth-order valence-corrected chi connectivity index (χ4v) is 2.98. The van der Waals surface area contributed by atoms with E-state index in [0.29, 0.717) is 12.5 Å². The van der Waals surface area contributed by atoms with Crippen molar-refractivity contribution in [2.24, 2.45) is 0 Å². The molecule has 0 amide bonds. The van der Waals surface area contributed by atoms with Gasteiger partial charge >= 0.3 is 0 Å². The van der Waals surface area contributed by atoms with Gasteiger partial charge in [-0.2, -0.15) is 4.98 Å². The Balaban J connectivity index is 0.00000196.